The van der Waals surface area contributed by atoms with E-state index < -0.39 is 6.10 Å². The van der Waals surface area contributed by atoms with Gasteiger partial charge in [-0.15, -0.1) is 0 Å². The Bertz CT molecular complexity index is 155. The molecule has 1 aliphatic rings. The van der Waals surface area contributed by atoms with Gasteiger partial charge in [-0.2, -0.15) is 0 Å². The molecule has 1 saturated carbocycles. The van der Waals surface area contributed by atoms with Crippen molar-refractivity contribution in [3.63, 3.8) is 0 Å². The highest BCUT2D eigenvalue weighted by Crippen LogP contribution is 2.37. The normalized spacial score (nSPS) is 39.7. The first-order valence-electron chi connectivity index (χ1n) is 4.50. The van der Waals surface area contributed by atoms with Gasteiger partial charge < -0.3 is 19.8 Å². The average molecular weight is 208 g/mol. The predicted molar refractivity (Wildman–Crippen MR) is 51.0 cm³/mol. The van der Waals surface area contributed by atoms with Gasteiger partial charge in [0.1, 0.15) is 0 Å². The van der Waals surface area contributed by atoms with Gasteiger partial charge in [-0.25, -0.2) is 0 Å². The van der Waals surface area contributed by atoms with Crippen molar-refractivity contribution >= 4 is 9.47 Å². The van der Waals surface area contributed by atoms with Crippen LogP contribution >= 0.6 is 9.47 Å². The molecule has 0 aromatic carbocycles. The smallest absolute Gasteiger partial charge is 0.0689 e. The minimum Gasteiger partial charge on any atom is -0.396 e. The Morgan fingerprint density at radius 3 is 2.46 bits per heavy atom. The molecule has 0 aromatic heterocycles. The van der Waals surface area contributed by atoms with Crippen molar-refractivity contribution in [3.05, 3.63) is 0 Å². The van der Waals surface area contributed by atoms with Crippen LogP contribution in [-0.2, 0) is 4.52 Å². The van der Waals surface area contributed by atoms with Crippen molar-refractivity contribution in [1.29, 1.82) is 0 Å². The molecular formula is C8H17O4P. The van der Waals surface area contributed by atoms with Gasteiger partial charge >= 0.3 is 0 Å². The lowest BCUT2D eigenvalue weighted by atomic mass is 9.92. The fraction of sp³-hybridized carbons (Fsp3) is 1.00. The average Bonchev–Trinajstić information content (AvgIpc) is 2.44. The molecule has 1 fully saturated rings. The van der Waals surface area contributed by atoms with Gasteiger partial charge in [-0.3, -0.25) is 0 Å². The fourth-order valence-corrected chi connectivity index (χ4v) is 2.43. The largest absolute Gasteiger partial charge is 0.396 e. The van der Waals surface area contributed by atoms with Gasteiger partial charge in [-0.1, -0.05) is 0 Å². The van der Waals surface area contributed by atoms with Gasteiger partial charge in [0.15, 0.2) is 0 Å². The van der Waals surface area contributed by atoms with E-state index in [4.69, 9.17) is 14.7 Å². The zero-order chi connectivity index (χ0) is 9.84. The molecule has 5 heteroatoms. The van der Waals surface area contributed by atoms with Gasteiger partial charge in [0, 0.05) is 35.0 Å². The van der Waals surface area contributed by atoms with Crippen LogP contribution in [0, 0.1) is 11.8 Å². The third-order valence-corrected chi connectivity index (χ3v) is 3.19. The summed E-state index contributed by atoms with van der Waals surface area (Å²) in [6.45, 7) is 0.0442. The highest BCUT2D eigenvalue weighted by Gasteiger charge is 2.41. The Morgan fingerprint density at radius 2 is 2.00 bits per heavy atom. The molecule has 0 radical (unpaired) electrons. The number of aliphatic hydroxyl groups excluding tert-OH is 3. The second-order valence-electron chi connectivity index (χ2n) is 3.50. The van der Waals surface area contributed by atoms with Gasteiger partial charge in [-0.05, 0) is 12.3 Å². The minimum atomic E-state index is -0.463. The molecule has 0 bridgehead atoms. The third-order valence-electron chi connectivity index (χ3n) is 2.84. The van der Waals surface area contributed by atoms with Crippen LogP contribution in [0.2, 0.25) is 0 Å². The Labute approximate surface area is 80.2 Å². The Kier molecular flexibility index (Phi) is 4.56. The van der Waals surface area contributed by atoms with Gasteiger partial charge in [0.25, 0.3) is 0 Å². The van der Waals surface area contributed by atoms with Crippen molar-refractivity contribution in [2.75, 3.05) is 13.2 Å². The van der Waals surface area contributed by atoms with Crippen molar-refractivity contribution in [2.45, 2.75) is 25.0 Å². The van der Waals surface area contributed by atoms with E-state index in [1.807, 2.05) is 0 Å². The zero-order valence-corrected chi connectivity index (χ0v) is 8.62. The molecule has 13 heavy (non-hydrogen) atoms. The molecule has 1 unspecified atom stereocenters. The topological polar surface area (TPSA) is 69.9 Å². The second-order valence-corrected chi connectivity index (χ2v) is 3.77. The maximum absolute atomic E-state index is 9.61. The molecular weight excluding hydrogens is 191 g/mol. The Morgan fingerprint density at radius 1 is 1.31 bits per heavy atom. The SMILES string of the molecule is OCC[C@@H]1[C@@H](CO)[C@H](OP)C[C@@H]1O. The molecule has 0 heterocycles. The summed E-state index contributed by atoms with van der Waals surface area (Å²) < 4.78 is 5.08. The maximum Gasteiger partial charge on any atom is 0.0689 e. The predicted octanol–water partition coefficient (Wildman–Crippen LogP) is -0.467. The molecule has 1 rings (SSSR count). The molecule has 4 nitrogen and oxygen atoms in total. The summed E-state index contributed by atoms with van der Waals surface area (Å²) in [5.74, 6) is -0.0970. The van der Waals surface area contributed by atoms with Gasteiger partial charge in [0.2, 0.25) is 0 Å². The van der Waals surface area contributed by atoms with E-state index in [0.29, 0.717) is 12.8 Å². The first-order valence-corrected chi connectivity index (χ1v) is 4.97. The first-order chi connectivity index (χ1) is 6.24. The lowest BCUT2D eigenvalue weighted by Crippen LogP contribution is -2.26. The zero-order valence-electron chi connectivity index (χ0n) is 7.47. The standard InChI is InChI=1S/C8H17O4P/c9-2-1-5-6(4-10)8(12-13)3-7(5)11/h5-11H,1-4,13H2/t5-,6-,7+,8-/m1/s1. The monoisotopic (exact) mass is 208 g/mol. The molecule has 0 aromatic rings. The first kappa shape index (κ1) is 11.3. The van der Waals surface area contributed by atoms with Crippen LogP contribution in [0.5, 0.6) is 0 Å². The summed E-state index contributed by atoms with van der Waals surface area (Å²) in [6, 6.07) is 0. The van der Waals surface area contributed by atoms with Crippen molar-refractivity contribution < 1.29 is 19.8 Å². The van der Waals surface area contributed by atoms with Crippen molar-refractivity contribution in [2.24, 2.45) is 11.8 Å². The van der Waals surface area contributed by atoms with Crippen LogP contribution in [0.15, 0.2) is 0 Å². The summed E-state index contributed by atoms with van der Waals surface area (Å²) in [7, 11) is 2.16. The van der Waals surface area contributed by atoms with E-state index in [0.717, 1.165) is 0 Å². The van der Waals surface area contributed by atoms with E-state index in [1.165, 1.54) is 0 Å². The van der Waals surface area contributed by atoms with E-state index >= 15 is 0 Å². The summed E-state index contributed by atoms with van der Waals surface area (Å²) in [4.78, 5) is 0. The van der Waals surface area contributed by atoms with E-state index in [2.05, 4.69) is 9.47 Å². The molecule has 5 atom stereocenters. The fourth-order valence-electron chi connectivity index (χ4n) is 2.11. The van der Waals surface area contributed by atoms with Gasteiger partial charge in [0.05, 0.1) is 12.2 Å². The van der Waals surface area contributed by atoms with Crippen LogP contribution in [0.4, 0.5) is 0 Å². The molecule has 0 spiro atoms. The van der Waals surface area contributed by atoms with Crippen LogP contribution in [-0.4, -0.2) is 40.7 Å². The number of aliphatic hydroxyl groups is 3. The van der Waals surface area contributed by atoms with Crippen LogP contribution in [0.1, 0.15) is 12.8 Å². The number of hydrogen-bond acceptors (Lipinski definition) is 4. The Hall–Kier alpha value is 0.270. The summed E-state index contributed by atoms with van der Waals surface area (Å²) in [5, 5.41) is 27.5. The summed E-state index contributed by atoms with van der Waals surface area (Å²) in [5.41, 5.74) is 0. The minimum absolute atomic E-state index is 0.000787. The van der Waals surface area contributed by atoms with E-state index in [-0.39, 0.29) is 31.2 Å². The van der Waals surface area contributed by atoms with Crippen LogP contribution < -0.4 is 0 Å². The highest BCUT2D eigenvalue weighted by molar-refractivity contribution is 7.09. The molecule has 78 valence electrons. The molecule has 0 amide bonds. The summed E-state index contributed by atoms with van der Waals surface area (Å²) in [6.07, 6.45) is 0.493. The highest BCUT2D eigenvalue weighted by atomic mass is 31.0. The van der Waals surface area contributed by atoms with Crippen LogP contribution in [0.25, 0.3) is 0 Å². The molecule has 1 aliphatic carbocycles. The number of rotatable bonds is 4. The lowest BCUT2D eigenvalue weighted by Gasteiger charge is -2.21. The molecule has 3 N–H and O–H groups in total. The van der Waals surface area contributed by atoms with Crippen molar-refractivity contribution in [1.82, 2.24) is 0 Å². The van der Waals surface area contributed by atoms with E-state index in [9.17, 15) is 5.11 Å². The van der Waals surface area contributed by atoms with Crippen molar-refractivity contribution in [3.8, 4) is 0 Å². The number of hydrogen-bond donors (Lipinski definition) is 3. The lowest BCUT2D eigenvalue weighted by molar-refractivity contribution is 0.0678. The molecule has 0 saturated heterocycles. The molecule has 0 aliphatic heterocycles. The summed E-state index contributed by atoms with van der Waals surface area (Å²) >= 11 is 0. The van der Waals surface area contributed by atoms with E-state index in [1.54, 1.807) is 0 Å². The Balaban J connectivity index is 2.59. The third kappa shape index (κ3) is 2.39. The second kappa shape index (κ2) is 5.23. The van der Waals surface area contributed by atoms with Crippen LogP contribution in [0.3, 0.4) is 0 Å². The quantitative estimate of drug-likeness (QED) is 0.546. The maximum atomic E-state index is 9.61.